The van der Waals surface area contributed by atoms with Crippen molar-refractivity contribution in [3.63, 3.8) is 0 Å². The van der Waals surface area contributed by atoms with Crippen molar-refractivity contribution in [2.45, 2.75) is 13.0 Å². The number of aromatic nitrogens is 2. The van der Waals surface area contributed by atoms with Crippen LogP contribution in [0, 0.1) is 0 Å². The van der Waals surface area contributed by atoms with Gasteiger partial charge < -0.3 is 20.6 Å². The van der Waals surface area contributed by atoms with Crippen LogP contribution < -0.4 is 10.6 Å². The molecule has 2 heterocycles. The highest BCUT2D eigenvalue weighted by atomic mass is 16.4. The van der Waals surface area contributed by atoms with Crippen LogP contribution in [0.2, 0.25) is 0 Å². The molecule has 0 atom stereocenters. The van der Waals surface area contributed by atoms with Gasteiger partial charge in [-0.25, -0.2) is 4.79 Å². The number of rotatable bonds is 3. The summed E-state index contributed by atoms with van der Waals surface area (Å²) in [6, 6.07) is -0.182. The van der Waals surface area contributed by atoms with E-state index in [1.165, 1.54) is 17.1 Å². The van der Waals surface area contributed by atoms with E-state index < -0.39 is 5.97 Å². The van der Waals surface area contributed by atoms with Gasteiger partial charge in [-0.15, -0.1) is 0 Å². The van der Waals surface area contributed by atoms with E-state index in [1.54, 1.807) is 4.90 Å². The molecule has 0 spiro atoms. The fraction of sp³-hybridized carbons (Fsp3) is 0.545. The summed E-state index contributed by atoms with van der Waals surface area (Å²) in [4.78, 5) is 24.2. The third kappa shape index (κ3) is 3.95. The van der Waals surface area contributed by atoms with Crippen LogP contribution in [0.3, 0.4) is 0 Å². The molecular formula is C11H17N5O3. The Hall–Kier alpha value is -2.09. The maximum atomic E-state index is 12.0. The Kier molecular flexibility index (Phi) is 4.35. The second-order valence-electron chi connectivity index (χ2n) is 4.34. The lowest BCUT2D eigenvalue weighted by Gasteiger charge is -2.19. The van der Waals surface area contributed by atoms with E-state index in [0.29, 0.717) is 18.8 Å². The van der Waals surface area contributed by atoms with Gasteiger partial charge in [0.15, 0.2) is 0 Å². The topological polar surface area (TPSA) is 99.5 Å². The number of hydrogen-bond acceptors (Lipinski definition) is 4. The molecule has 0 unspecified atom stereocenters. The van der Waals surface area contributed by atoms with Crippen molar-refractivity contribution >= 4 is 17.7 Å². The monoisotopic (exact) mass is 267 g/mol. The molecule has 0 bridgehead atoms. The number of carbonyl (C=O) groups excluding carboxylic acids is 1. The highest BCUT2D eigenvalue weighted by Crippen LogP contribution is 2.07. The molecule has 104 valence electrons. The molecule has 2 amide bonds. The second-order valence-corrected chi connectivity index (χ2v) is 4.34. The van der Waals surface area contributed by atoms with Crippen LogP contribution in [0.5, 0.6) is 0 Å². The number of anilines is 1. The van der Waals surface area contributed by atoms with Crippen LogP contribution >= 0.6 is 0 Å². The zero-order valence-corrected chi connectivity index (χ0v) is 10.5. The molecule has 1 aromatic rings. The van der Waals surface area contributed by atoms with Crippen LogP contribution in [-0.4, -0.2) is 58.0 Å². The largest absolute Gasteiger partial charge is 0.480 e. The quantitative estimate of drug-likeness (QED) is 0.704. The average Bonchev–Trinajstić information content (AvgIpc) is 2.64. The Labute approximate surface area is 110 Å². The average molecular weight is 267 g/mol. The van der Waals surface area contributed by atoms with Crippen molar-refractivity contribution in [1.82, 2.24) is 20.0 Å². The minimum Gasteiger partial charge on any atom is -0.480 e. The summed E-state index contributed by atoms with van der Waals surface area (Å²) in [5, 5.41) is 18.4. The van der Waals surface area contributed by atoms with Crippen LogP contribution in [0.25, 0.3) is 0 Å². The molecule has 1 aromatic heterocycles. The van der Waals surface area contributed by atoms with E-state index in [4.69, 9.17) is 5.11 Å². The first-order chi connectivity index (χ1) is 9.15. The third-order valence-electron chi connectivity index (χ3n) is 2.81. The molecule has 8 nitrogen and oxygen atoms in total. The minimum atomic E-state index is -0.973. The Balaban J connectivity index is 1.90. The number of aliphatic carboxylic acids is 1. The first kappa shape index (κ1) is 13.3. The van der Waals surface area contributed by atoms with Crippen LogP contribution in [0.15, 0.2) is 12.4 Å². The minimum absolute atomic E-state index is 0.182. The molecule has 0 aliphatic carbocycles. The number of urea groups is 1. The van der Waals surface area contributed by atoms with Gasteiger partial charge in [0.25, 0.3) is 0 Å². The summed E-state index contributed by atoms with van der Waals surface area (Å²) < 4.78 is 1.27. The smallest absolute Gasteiger partial charge is 0.325 e. The van der Waals surface area contributed by atoms with E-state index >= 15 is 0 Å². The van der Waals surface area contributed by atoms with Crippen molar-refractivity contribution in [2.24, 2.45) is 0 Å². The lowest BCUT2D eigenvalue weighted by molar-refractivity contribution is -0.137. The Morgan fingerprint density at radius 2 is 2.26 bits per heavy atom. The molecule has 1 aliphatic heterocycles. The summed E-state index contributed by atoms with van der Waals surface area (Å²) in [5.74, 6) is -0.973. The highest BCUT2D eigenvalue weighted by Gasteiger charge is 2.15. The summed E-state index contributed by atoms with van der Waals surface area (Å²) in [6.07, 6.45) is 3.87. The van der Waals surface area contributed by atoms with Gasteiger partial charge in [-0.1, -0.05) is 0 Å². The molecule has 19 heavy (non-hydrogen) atoms. The van der Waals surface area contributed by atoms with Gasteiger partial charge in [-0.2, -0.15) is 5.10 Å². The van der Waals surface area contributed by atoms with Crippen molar-refractivity contribution in [3.05, 3.63) is 12.4 Å². The first-order valence-corrected chi connectivity index (χ1v) is 6.16. The molecule has 3 N–H and O–H groups in total. The Morgan fingerprint density at radius 3 is 3.05 bits per heavy atom. The molecule has 1 fully saturated rings. The first-order valence-electron chi connectivity index (χ1n) is 6.16. The highest BCUT2D eigenvalue weighted by molar-refractivity contribution is 5.89. The van der Waals surface area contributed by atoms with E-state index in [9.17, 15) is 9.59 Å². The van der Waals surface area contributed by atoms with Gasteiger partial charge in [0.05, 0.1) is 11.9 Å². The zero-order valence-electron chi connectivity index (χ0n) is 10.5. The van der Waals surface area contributed by atoms with Crippen molar-refractivity contribution in [3.8, 4) is 0 Å². The molecule has 0 saturated carbocycles. The SMILES string of the molecule is O=C(O)Cn1cc(NC(=O)N2CCCNCC2)cn1. The maximum Gasteiger partial charge on any atom is 0.325 e. The van der Waals surface area contributed by atoms with E-state index in [-0.39, 0.29) is 12.6 Å². The maximum absolute atomic E-state index is 12.0. The lowest BCUT2D eigenvalue weighted by Crippen LogP contribution is -2.37. The van der Waals surface area contributed by atoms with Crippen LogP contribution in [-0.2, 0) is 11.3 Å². The number of amides is 2. The molecular weight excluding hydrogens is 250 g/mol. The zero-order chi connectivity index (χ0) is 13.7. The molecule has 8 heteroatoms. The number of carboxylic acid groups (broad SMARTS) is 1. The fourth-order valence-corrected chi connectivity index (χ4v) is 1.90. The van der Waals surface area contributed by atoms with Gasteiger partial charge >= 0.3 is 12.0 Å². The lowest BCUT2D eigenvalue weighted by atomic mass is 10.4. The third-order valence-corrected chi connectivity index (χ3v) is 2.81. The van der Waals surface area contributed by atoms with Gasteiger partial charge in [-0.05, 0) is 13.0 Å². The Morgan fingerprint density at radius 1 is 1.42 bits per heavy atom. The van der Waals surface area contributed by atoms with Gasteiger partial charge in [-0.3, -0.25) is 9.48 Å². The predicted molar refractivity (Wildman–Crippen MR) is 67.9 cm³/mol. The molecule has 0 aromatic carbocycles. The second kappa shape index (κ2) is 6.19. The number of hydrogen-bond donors (Lipinski definition) is 3. The molecule has 1 aliphatic rings. The predicted octanol–water partition coefficient (Wildman–Crippen LogP) is -0.205. The molecule has 2 rings (SSSR count). The van der Waals surface area contributed by atoms with Crippen molar-refractivity contribution < 1.29 is 14.7 Å². The van der Waals surface area contributed by atoms with Crippen LogP contribution in [0.1, 0.15) is 6.42 Å². The van der Waals surface area contributed by atoms with Crippen LogP contribution in [0.4, 0.5) is 10.5 Å². The summed E-state index contributed by atoms with van der Waals surface area (Å²) in [5.41, 5.74) is 0.503. The van der Waals surface area contributed by atoms with E-state index in [2.05, 4.69) is 15.7 Å². The number of nitrogens with zero attached hydrogens (tertiary/aromatic N) is 3. The molecule has 0 radical (unpaired) electrons. The standard InChI is InChI=1S/C11H17N5O3/c17-10(18)8-16-7-9(6-13-16)14-11(19)15-4-1-2-12-3-5-15/h6-7,12H,1-5,8H2,(H,14,19)(H,17,18). The van der Waals surface area contributed by atoms with E-state index in [0.717, 1.165) is 19.5 Å². The summed E-state index contributed by atoms with van der Waals surface area (Å²) >= 11 is 0. The Bertz CT molecular complexity index is 451. The summed E-state index contributed by atoms with van der Waals surface area (Å²) in [7, 11) is 0. The normalized spacial score (nSPS) is 15.9. The number of carbonyl (C=O) groups is 2. The van der Waals surface area contributed by atoms with Gasteiger partial charge in [0, 0.05) is 25.8 Å². The van der Waals surface area contributed by atoms with E-state index in [1.807, 2.05) is 0 Å². The number of carboxylic acids is 1. The fourth-order valence-electron chi connectivity index (χ4n) is 1.90. The number of nitrogens with one attached hydrogen (secondary N) is 2. The van der Waals surface area contributed by atoms with Crippen molar-refractivity contribution in [2.75, 3.05) is 31.5 Å². The van der Waals surface area contributed by atoms with Gasteiger partial charge in [0.1, 0.15) is 6.54 Å². The van der Waals surface area contributed by atoms with Crippen molar-refractivity contribution in [1.29, 1.82) is 0 Å². The molecule has 1 saturated heterocycles. The van der Waals surface area contributed by atoms with Gasteiger partial charge in [0.2, 0.25) is 0 Å². The summed E-state index contributed by atoms with van der Waals surface area (Å²) in [6.45, 7) is 2.85.